The summed E-state index contributed by atoms with van der Waals surface area (Å²) in [6, 6.07) is 4.43. The second kappa shape index (κ2) is 5.07. The number of hydrogen-bond donors (Lipinski definition) is 1. The summed E-state index contributed by atoms with van der Waals surface area (Å²) >= 11 is 3.01. The van der Waals surface area contributed by atoms with Crippen LogP contribution in [0.15, 0.2) is 18.2 Å². The van der Waals surface area contributed by atoms with E-state index in [9.17, 15) is 14.9 Å². The molecule has 0 bridgehead atoms. The maximum atomic E-state index is 10.7. The largest absolute Gasteiger partial charge is 0.480 e. The van der Waals surface area contributed by atoms with Crippen molar-refractivity contribution in [3.8, 4) is 0 Å². The van der Waals surface area contributed by atoms with Gasteiger partial charge in [0.1, 0.15) is 4.83 Å². The highest BCUT2D eigenvalue weighted by atomic mass is 79.9. The number of benzene rings is 1. The Balaban J connectivity index is 2.98. The van der Waals surface area contributed by atoms with Gasteiger partial charge in [0.15, 0.2) is 0 Å². The van der Waals surface area contributed by atoms with Crippen LogP contribution in [0.4, 0.5) is 5.69 Å². The van der Waals surface area contributed by atoms with Crippen molar-refractivity contribution in [2.24, 2.45) is 0 Å². The second-order valence-electron chi connectivity index (χ2n) is 3.38. The Morgan fingerprint density at radius 2 is 2.25 bits per heavy atom. The van der Waals surface area contributed by atoms with E-state index in [4.69, 9.17) is 5.11 Å². The third-order valence-electron chi connectivity index (χ3n) is 2.21. The molecule has 0 fully saturated rings. The Kier molecular flexibility index (Phi) is 4.00. The van der Waals surface area contributed by atoms with Gasteiger partial charge in [0, 0.05) is 12.1 Å². The van der Waals surface area contributed by atoms with Crippen molar-refractivity contribution in [2.75, 3.05) is 0 Å². The minimum absolute atomic E-state index is 0.0225. The molecular weight excluding hydrogens is 278 g/mol. The van der Waals surface area contributed by atoms with Crippen LogP contribution in [-0.4, -0.2) is 20.8 Å². The van der Waals surface area contributed by atoms with Gasteiger partial charge in [-0.3, -0.25) is 14.9 Å². The summed E-state index contributed by atoms with van der Waals surface area (Å²) in [5.74, 6) is -0.981. The second-order valence-corrected chi connectivity index (χ2v) is 4.48. The molecule has 0 heterocycles. The third-order valence-corrected chi connectivity index (χ3v) is 2.93. The molecule has 6 heteroatoms. The Labute approximate surface area is 100 Å². The fourth-order valence-electron chi connectivity index (χ4n) is 1.27. The number of alkyl halides is 1. The molecule has 1 atom stereocenters. The summed E-state index contributed by atoms with van der Waals surface area (Å²) in [7, 11) is 0. The Morgan fingerprint density at radius 3 is 2.75 bits per heavy atom. The van der Waals surface area contributed by atoms with Gasteiger partial charge in [-0.25, -0.2) is 0 Å². The lowest BCUT2D eigenvalue weighted by atomic mass is 10.0. The molecule has 5 nitrogen and oxygen atoms in total. The van der Waals surface area contributed by atoms with E-state index in [1.54, 1.807) is 13.0 Å². The molecule has 0 amide bonds. The number of nitro groups is 1. The first-order valence-corrected chi connectivity index (χ1v) is 5.44. The number of nitro benzene ring substituents is 1. The zero-order valence-electron chi connectivity index (χ0n) is 8.51. The summed E-state index contributed by atoms with van der Waals surface area (Å²) in [6.07, 6.45) is 0.225. The standard InChI is InChI=1S/C10H10BrNO4/c1-6-2-3-8(12(15)16)4-7(6)5-9(11)10(13)14/h2-4,9H,5H2,1H3,(H,13,14). The van der Waals surface area contributed by atoms with E-state index >= 15 is 0 Å². The normalized spacial score (nSPS) is 12.1. The van der Waals surface area contributed by atoms with Crippen LogP contribution in [0, 0.1) is 17.0 Å². The molecular formula is C10H10BrNO4. The first kappa shape index (κ1) is 12.6. The van der Waals surface area contributed by atoms with E-state index in [-0.39, 0.29) is 12.1 Å². The summed E-state index contributed by atoms with van der Waals surface area (Å²) in [5.41, 5.74) is 1.49. The maximum absolute atomic E-state index is 10.7. The molecule has 0 spiro atoms. The molecule has 1 aromatic rings. The first-order chi connectivity index (χ1) is 7.41. The number of carbonyl (C=O) groups is 1. The van der Waals surface area contributed by atoms with Crippen LogP contribution in [0.5, 0.6) is 0 Å². The van der Waals surface area contributed by atoms with E-state index in [1.807, 2.05) is 0 Å². The number of non-ortho nitro benzene ring substituents is 1. The van der Waals surface area contributed by atoms with Crippen molar-refractivity contribution in [1.29, 1.82) is 0 Å². The van der Waals surface area contributed by atoms with Gasteiger partial charge in [-0.05, 0) is 24.5 Å². The molecule has 0 aliphatic heterocycles. The zero-order chi connectivity index (χ0) is 12.3. The van der Waals surface area contributed by atoms with Gasteiger partial charge in [0.25, 0.3) is 5.69 Å². The van der Waals surface area contributed by atoms with E-state index in [0.29, 0.717) is 5.56 Å². The Hall–Kier alpha value is -1.43. The number of nitrogens with zero attached hydrogens (tertiary/aromatic N) is 1. The average molecular weight is 288 g/mol. The third kappa shape index (κ3) is 3.03. The molecule has 1 N–H and O–H groups in total. The van der Waals surface area contributed by atoms with Crippen LogP contribution in [0.1, 0.15) is 11.1 Å². The van der Waals surface area contributed by atoms with Gasteiger partial charge >= 0.3 is 5.97 Å². The van der Waals surface area contributed by atoms with Crippen LogP contribution in [0.25, 0.3) is 0 Å². The van der Waals surface area contributed by atoms with Gasteiger partial charge in [0.2, 0.25) is 0 Å². The minimum Gasteiger partial charge on any atom is -0.480 e. The summed E-state index contributed by atoms with van der Waals surface area (Å²) < 4.78 is 0. The lowest BCUT2D eigenvalue weighted by Gasteiger charge is -2.07. The van der Waals surface area contributed by atoms with Crippen molar-refractivity contribution >= 4 is 27.6 Å². The lowest BCUT2D eigenvalue weighted by Crippen LogP contribution is -2.16. The lowest BCUT2D eigenvalue weighted by molar-refractivity contribution is -0.384. The molecule has 0 saturated carbocycles. The predicted octanol–water partition coefficient (Wildman–Crippen LogP) is 2.29. The fourth-order valence-corrected chi connectivity index (χ4v) is 1.62. The van der Waals surface area contributed by atoms with Crippen molar-refractivity contribution in [2.45, 2.75) is 18.2 Å². The van der Waals surface area contributed by atoms with Crippen molar-refractivity contribution in [3.63, 3.8) is 0 Å². The van der Waals surface area contributed by atoms with Crippen molar-refractivity contribution in [1.82, 2.24) is 0 Å². The van der Waals surface area contributed by atoms with Crippen LogP contribution in [0.2, 0.25) is 0 Å². The summed E-state index contributed by atoms with van der Waals surface area (Å²) in [6.45, 7) is 1.79. The zero-order valence-corrected chi connectivity index (χ0v) is 10.1. The van der Waals surface area contributed by atoms with Crippen LogP contribution in [0.3, 0.4) is 0 Å². The monoisotopic (exact) mass is 287 g/mol. The highest BCUT2D eigenvalue weighted by Crippen LogP contribution is 2.20. The molecule has 1 unspecified atom stereocenters. The highest BCUT2D eigenvalue weighted by molar-refractivity contribution is 9.10. The number of carboxylic acid groups (broad SMARTS) is 1. The minimum atomic E-state index is -0.981. The number of carboxylic acids is 1. The molecule has 0 aromatic heterocycles. The molecule has 0 aliphatic carbocycles. The molecule has 1 aromatic carbocycles. The van der Waals surface area contributed by atoms with Crippen LogP contribution < -0.4 is 0 Å². The fraction of sp³-hybridized carbons (Fsp3) is 0.300. The smallest absolute Gasteiger partial charge is 0.317 e. The Bertz CT molecular complexity index is 433. The summed E-state index contributed by atoms with van der Waals surface area (Å²) in [5, 5.41) is 19.3. The number of hydrogen-bond acceptors (Lipinski definition) is 3. The van der Waals surface area contributed by atoms with Gasteiger partial charge in [-0.15, -0.1) is 0 Å². The first-order valence-electron chi connectivity index (χ1n) is 4.52. The van der Waals surface area contributed by atoms with Crippen LogP contribution in [-0.2, 0) is 11.2 Å². The van der Waals surface area contributed by atoms with E-state index < -0.39 is 15.7 Å². The van der Waals surface area contributed by atoms with Crippen LogP contribution >= 0.6 is 15.9 Å². The number of rotatable bonds is 4. The van der Waals surface area contributed by atoms with Gasteiger partial charge in [-0.2, -0.15) is 0 Å². The molecule has 1 rings (SSSR count). The molecule has 0 aliphatic rings. The quantitative estimate of drug-likeness (QED) is 0.523. The highest BCUT2D eigenvalue weighted by Gasteiger charge is 2.17. The number of aliphatic carboxylic acids is 1. The van der Waals surface area contributed by atoms with Gasteiger partial charge in [-0.1, -0.05) is 22.0 Å². The van der Waals surface area contributed by atoms with E-state index in [2.05, 4.69) is 15.9 Å². The maximum Gasteiger partial charge on any atom is 0.317 e. The molecule has 86 valence electrons. The molecule has 0 saturated heterocycles. The molecule has 16 heavy (non-hydrogen) atoms. The molecule has 0 radical (unpaired) electrons. The predicted molar refractivity (Wildman–Crippen MR) is 61.9 cm³/mol. The van der Waals surface area contributed by atoms with E-state index in [0.717, 1.165) is 5.56 Å². The van der Waals surface area contributed by atoms with E-state index in [1.165, 1.54) is 12.1 Å². The van der Waals surface area contributed by atoms with Gasteiger partial charge in [0.05, 0.1) is 4.92 Å². The van der Waals surface area contributed by atoms with Crippen molar-refractivity contribution in [3.05, 3.63) is 39.4 Å². The number of halogens is 1. The van der Waals surface area contributed by atoms with Gasteiger partial charge < -0.3 is 5.11 Å². The SMILES string of the molecule is Cc1ccc([N+](=O)[O-])cc1CC(Br)C(=O)O. The average Bonchev–Trinajstić information content (AvgIpc) is 2.20. The number of aryl methyl sites for hydroxylation is 1. The Morgan fingerprint density at radius 1 is 1.62 bits per heavy atom. The van der Waals surface area contributed by atoms with Crippen molar-refractivity contribution < 1.29 is 14.8 Å². The summed E-state index contributed by atoms with van der Waals surface area (Å²) in [4.78, 5) is 20.0. The topological polar surface area (TPSA) is 80.4 Å².